The summed E-state index contributed by atoms with van der Waals surface area (Å²) in [5, 5.41) is 10.1. The number of aromatic carboxylic acids is 1. The van der Waals surface area contributed by atoms with Crippen LogP contribution in [0.5, 0.6) is 5.75 Å². The van der Waals surface area contributed by atoms with Gasteiger partial charge in [0.05, 0.1) is 23.9 Å². The molecule has 5 heteroatoms. The first-order valence-electron chi connectivity index (χ1n) is 7.65. The Morgan fingerprint density at radius 1 is 1.20 bits per heavy atom. The van der Waals surface area contributed by atoms with Crippen LogP contribution in [0.15, 0.2) is 42.5 Å². The third-order valence-electron chi connectivity index (χ3n) is 4.00. The average Bonchev–Trinajstić information content (AvgIpc) is 2.59. The summed E-state index contributed by atoms with van der Waals surface area (Å²) in [5.41, 5.74) is 2.56. The van der Waals surface area contributed by atoms with Crippen LogP contribution < -0.4 is 4.74 Å². The number of carbonyl (C=O) groups is 1. The fraction of sp³-hybridized carbons (Fsp3) is 0.100. The Labute approximate surface area is 144 Å². The molecule has 0 saturated carbocycles. The molecule has 0 radical (unpaired) electrons. The number of ether oxygens (including phenoxy) is 1. The van der Waals surface area contributed by atoms with Crippen LogP contribution in [0.1, 0.15) is 27.2 Å². The van der Waals surface area contributed by atoms with Crippen LogP contribution in [0, 0.1) is 12.7 Å². The zero-order chi connectivity index (χ0) is 18.0. The van der Waals surface area contributed by atoms with Crippen molar-refractivity contribution in [3.8, 4) is 5.75 Å². The lowest BCUT2D eigenvalue weighted by atomic mass is 10.0. The maximum atomic E-state index is 13.8. The minimum absolute atomic E-state index is 0.172. The van der Waals surface area contributed by atoms with Crippen molar-refractivity contribution in [2.24, 2.45) is 0 Å². The summed E-state index contributed by atoms with van der Waals surface area (Å²) in [5.74, 6) is -1.29. The number of halogens is 1. The number of hydrogen-bond acceptors (Lipinski definition) is 3. The lowest BCUT2D eigenvalue weighted by molar-refractivity contribution is 0.0698. The van der Waals surface area contributed by atoms with Gasteiger partial charge < -0.3 is 9.84 Å². The summed E-state index contributed by atoms with van der Waals surface area (Å²) in [6.45, 7) is 1.72. The number of rotatable bonds is 4. The molecule has 3 aromatic rings. The zero-order valence-electron chi connectivity index (χ0n) is 13.8. The number of benzene rings is 2. The third-order valence-corrected chi connectivity index (χ3v) is 4.00. The Bertz CT molecular complexity index is 996. The first kappa shape index (κ1) is 16.6. The minimum Gasteiger partial charge on any atom is -0.494 e. The van der Waals surface area contributed by atoms with E-state index in [9.17, 15) is 14.3 Å². The molecule has 0 atom stereocenters. The monoisotopic (exact) mass is 337 g/mol. The smallest absolute Gasteiger partial charge is 0.336 e. The molecule has 0 bridgehead atoms. The number of hydrogen-bond donors (Lipinski definition) is 1. The van der Waals surface area contributed by atoms with Crippen molar-refractivity contribution < 1.29 is 19.0 Å². The molecule has 0 spiro atoms. The first-order chi connectivity index (χ1) is 12.0. The number of aromatic nitrogens is 1. The van der Waals surface area contributed by atoms with Crippen molar-refractivity contribution in [2.45, 2.75) is 6.92 Å². The van der Waals surface area contributed by atoms with Gasteiger partial charge in [-0.2, -0.15) is 0 Å². The van der Waals surface area contributed by atoms with Crippen molar-refractivity contribution in [3.63, 3.8) is 0 Å². The molecule has 0 aliphatic carbocycles. The number of carboxylic acid groups (broad SMARTS) is 1. The van der Waals surface area contributed by atoms with Gasteiger partial charge in [0.1, 0.15) is 0 Å². The summed E-state index contributed by atoms with van der Waals surface area (Å²) in [4.78, 5) is 16.2. The highest BCUT2D eigenvalue weighted by Gasteiger charge is 2.15. The van der Waals surface area contributed by atoms with Crippen LogP contribution in [0.3, 0.4) is 0 Å². The van der Waals surface area contributed by atoms with Gasteiger partial charge in [-0.05, 0) is 42.3 Å². The predicted molar refractivity (Wildman–Crippen MR) is 95.3 cm³/mol. The number of para-hydroxylation sites is 1. The first-order valence-corrected chi connectivity index (χ1v) is 7.65. The van der Waals surface area contributed by atoms with Crippen molar-refractivity contribution >= 4 is 29.0 Å². The van der Waals surface area contributed by atoms with E-state index in [1.807, 2.05) is 6.07 Å². The summed E-state index contributed by atoms with van der Waals surface area (Å²) < 4.78 is 18.7. The van der Waals surface area contributed by atoms with Crippen LogP contribution in [0.25, 0.3) is 23.1 Å². The number of methoxy groups -OCH3 is 1. The highest BCUT2D eigenvalue weighted by atomic mass is 19.1. The number of carboxylic acids is 1. The predicted octanol–water partition coefficient (Wildman–Crippen LogP) is 4.56. The van der Waals surface area contributed by atoms with Crippen molar-refractivity contribution in [1.29, 1.82) is 0 Å². The van der Waals surface area contributed by atoms with E-state index in [1.54, 1.807) is 49.4 Å². The molecule has 0 aliphatic heterocycles. The molecule has 126 valence electrons. The highest BCUT2D eigenvalue weighted by molar-refractivity contribution is 6.04. The summed E-state index contributed by atoms with van der Waals surface area (Å²) in [7, 11) is 1.41. The third kappa shape index (κ3) is 3.21. The average molecular weight is 337 g/mol. The lowest BCUT2D eigenvalue weighted by Gasteiger charge is -2.09. The molecule has 0 unspecified atom stereocenters. The topological polar surface area (TPSA) is 59.4 Å². The molecule has 3 rings (SSSR count). The molecule has 1 N–H and O–H groups in total. The number of fused-ring (bicyclic) bond motifs is 1. The van der Waals surface area contributed by atoms with Crippen LogP contribution in [-0.2, 0) is 0 Å². The minimum atomic E-state index is -0.999. The van der Waals surface area contributed by atoms with Crippen LogP contribution >= 0.6 is 0 Å². The van der Waals surface area contributed by atoms with Crippen LogP contribution in [0.4, 0.5) is 4.39 Å². The SMILES string of the molecule is COc1ccc(C=Cc2nc3ccccc3c(C(=O)O)c2C)cc1F. The van der Waals surface area contributed by atoms with Crippen molar-refractivity contribution in [3.05, 3.63) is 70.7 Å². The van der Waals surface area contributed by atoms with E-state index < -0.39 is 11.8 Å². The van der Waals surface area contributed by atoms with E-state index in [0.29, 0.717) is 27.7 Å². The molecular weight excluding hydrogens is 321 g/mol. The van der Waals surface area contributed by atoms with Gasteiger partial charge in [-0.25, -0.2) is 14.2 Å². The van der Waals surface area contributed by atoms with Gasteiger partial charge in [0.15, 0.2) is 11.6 Å². The van der Waals surface area contributed by atoms with Crippen LogP contribution in [-0.4, -0.2) is 23.2 Å². The maximum absolute atomic E-state index is 13.8. The molecule has 0 fully saturated rings. The van der Waals surface area contributed by atoms with E-state index in [1.165, 1.54) is 13.2 Å². The normalized spacial score (nSPS) is 11.2. The maximum Gasteiger partial charge on any atom is 0.336 e. The molecule has 1 aromatic heterocycles. The standard InChI is InChI=1S/C20H16FNO3/c1-12-16(9-7-13-8-10-18(25-2)15(21)11-13)22-17-6-4-3-5-14(17)19(12)20(23)24/h3-11H,1-2H3,(H,23,24). The van der Waals surface area contributed by atoms with Crippen LogP contribution in [0.2, 0.25) is 0 Å². The second-order valence-corrected chi connectivity index (χ2v) is 5.55. The van der Waals surface area contributed by atoms with E-state index in [0.717, 1.165) is 0 Å². The molecule has 0 saturated heterocycles. The van der Waals surface area contributed by atoms with Gasteiger partial charge in [0.2, 0.25) is 0 Å². The summed E-state index contributed by atoms with van der Waals surface area (Å²) in [6, 6.07) is 11.7. The second-order valence-electron chi connectivity index (χ2n) is 5.55. The van der Waals surface area contributed by atoms with Gasteiger partial charge in [0.25, 0.3) is 0 Å². The quantitative estimate of drug-likeness (QED) is 0.758. The molecule has 0 aliphatic rings. The Kier molecular flexibility index (Phi) is 4.48. The Hall–Kier alpha value is -3.21. The fourth-order valence-electron chi connectivity index (χ4n) is 2.73. The van der Waals surface area contributed by atoms with Gasteiger partial charge in [-0.1, -0.05) is 30.3 Å². The van der Waals surface area contributed by atoms with Crippen molar-refractivity contribution in [1.82, 2.24) is 4.98 Å². The van der Waals surface area contributed by atoms with E-state index in [2.05, 4.69) is 4.98 Å². The van der Waals surface area contributed by atoms with Gasteiger partial charge >= 0.3 is 5.97 Å². The van der Waals surface area contributed by atoms with Gasteiger partial charge in [-0.3, -0.25) is 0 Å². The Morgan fingerprint density at radius 3 is 2.64 bits per heavy atom. The molecule has 2 aromatic carbocycles. The van der Waals surface area contributed by atoms with E-state index >= 15 is 0 Å². The number of pyridine rings is 1. The molecule has 1 heterocycles. The van der Waals surface area contributed by atoms with E-state index in [-0.39, 0.29) is 11.3 Å². The summed E-state index contributed by atoms with van der Waals surface area (Å²) >= 11 is 0. The van der Waals surface area contributed by atoms with Gasteiger partial charge in [-0.15, -0.1) is 0 Å². The fourth-order valence-corrected chi connectivity index (χ4v) is 2.73. The zero-order valence-corrected chi connectivity index (χ0v) is 13.8. The highest BCUT2D eigenvalue weighted by Crippen LogP contribution is 2.25. The van der Waals surface area contributed by atoms with E-state index in [4.69, 9.17) is 4.74 Å². The Balaban J connectivity index is 2.08. The molecule has 4 nitrogen and oxygen atoms in total. The molecule has 25 heavy (non-hydrogen) atoms. The molecule has 0 amide bonds. The number of nitrogens with zero attached hydrogens (tertiary/aromatic N) is 1. The largest absolute Gasteiger partial charge is 0.494 e. The lowest BCUT2D eigenvalue weighted by Crippen LogP contribution is -2.04. The Morgan fingerprint density at radius 2 is 1.96 bits per heavy atom. The van der Waals surface area contributed by atoms with Crippen molar-refractivity contribution in [2.75, 3.05) is 7.11 Å². The molecular formula is C20H16FNO3. The summed E-state index contributed by atoms with van der Waals surface area (Å²) in [6.07, 6.45) is 3.38. The van der Waals surface area contributed by atoms with Gasteiger partial charge in [0, 0.05) is 5.39 Å². The second kappa shape index (κ2) is 6.73.